The zero-order valence-electron chi connectivity index (χ0n) is 47.6. The van der Waals surface area contributed by atoms with Gasteiger partial charge in [-0.15, -0.1) is 38.2 Å². The van der Waals surface area contributed by atoms with Gasteiger partial charge in [0.25, 0.3) is 0 Å². The fourth-order valence-corrected chi connectivity index (χ4v) is 13.5. The molecule has 68 radical (unpaired) electrons. The van der Waals surface area contributed by atoms with E-state index in [0.29, 0.717) is 0 Å². The van der Waals surface area contributed by atoms with Crippen LogP contribution < -0.4 is 186 Å². The summed E-state index contributed by atoms with van der Waals surface area (Å²) in [6, 6.07) is 0. The van der Waals surface area contributed by atoms with Gasteiger partial charge in [-0.25, -0.2) is 0 Å². The summed E-state index contributed by atoms with van der Waals surface area (Å²) in [5, 5.41) is 1.63. The Labute approximate surface area is 568 Å². The van der Waals surface area contributed by atoms with E-state index in [1.165, 1.54) is 0 Å². The minimum atomic E-state index is -0.406. The maximum Gasteiger partial charge on any atom is 0.115 e. The van der Waals surface area contributed by atoms with Gasteiger partial charge in [-0.05, 0) is 120 Å². The minimum absolute atomic E-state index is 0.000202. The molecule has 0 amide bonds. The van der Waals surface area contributed by atoms with Gasteiger partial charge in [0.05, 0.1) is 0 Å². The minimum Gasteiger partial charge on any atom is -0.112 e. The third-order valence-corrected chi connectivity index (χ3v) is 18.1. The van der Waals surface area contributed by atoms with Crippen molar-refractivity contribution in [3.05, 3.63) is 0 Å². The zero-order valence-corrected chi connectivity index (χ0v) is 47.6. The predicted octanol–water partition coefficient (Wildman–Crippen LogP) is -25.2. The first-order valence-electron chi connectivity index (χ1n) is 26.6. The number of rotatable bonds is 5. The second-order valence-electron chi connectivity index (χ2n) is 22.3. The van der Waals surface area contributed by atoms with Crippen molar-refractivity contribution in [2.24, 2.45) is 0 Å². The quantitative estimate of drug-likeness (QED) is 0.119. The topological polar surface area (TPSA) is 0 Å². The standard InChI is InChI=1S/C56B34/c57-23-15(7-5-1-3-11(34(68)28(5)62)40(74)50(84)42(76)13(3)38(72)36(70)9(1)32(66)30(7)64)24(58)18(20-27(61)21(47(81)53(87)46(20)80)22-48(82)54(88)56(90)55(89)49(22)83)26(60)17(23)19-25(59)16(44(78)52(86)45(19)79)8-6-2-4-12(35(69)29(6)63)41(75)51(85)43(77)14(4)39(73)37(71)10(2)33(67)31(8)65. The van der Waals surface area contributed by atoms with Crippen LogP contribution in [0.25, 0.3) is 120 Å². The molecule has 0 atom stereocenters. The lowest BCUT2D eigenvalue weighted by atomic mass is 9.53. The van der Waals surface area contributed by atoms with Gasteiger partial charge in [0.2, 0.25) is 0 Å². The average Bonchev–Trinajstić information content (AvgIpc) is 0.696. The molecule has 0 unspecified atom stereocenters. The maximum atomic E-state index is 7.67. The summed E-state index contributed by atoms with van der Waals surface area (Å²) in [6.07, 6.45) is 0. The Morgan fingerprint density at radius 3 is 0.400 bits per heavy atom. The summed E-state index contributed by atoms with van der Waals surface area (Å²) < 4.78 is 0. The molecule has 0 saturated carbocycles. The maximum absolute atomic E-state index is 7.67. The van der Waals surface area contributed by atoms with Crippen LogP contribution >= 0.6 is 0 Å². The molecule has 0 fully saturated rings. The largest absolute Gasteiger partial charge is 0.115 e. The molecule has 0 N–H and O–H groups in total. The molecule has 12 aromatic rings. The monoisotopic (exact) mass is 1050 g/mol. The molecule has 0 aliphatic rings. The van der Waals surface area contributed by atoms with E-state index in [-0.39, 0.29) is 301 Å². The van der Waals surface area contributed by atoms with Crippen molar-refractivity contribution in [2.45, 2.75) is 0 Å². The molecule has 0 nitrogen and oxygen atoms in total. The van der Waals surface area contributed by atoms with Crippen LogP contribution in [-0.2, 0) is 0 Å². The summed E-state index contributed by atoms with van der Waals surface area (Å²) in [6.45, 7) is 0. The first-order chi connectivity index (χ1) is 42.0. The molecule has 0 heterocycles. The van der Waals surface area contributed by atoms with Gasteiger partial charge < -0.3 is 0 Å². The fourth-order valence-electron chi connectivity index (χ4n) is 13.5. The van der Waals surface area contributed by atoms with Gasteiger partial charge >= 0.3 is 0 Å². The van der Waals surface area contributed by atoms with Gasteiger partial charge in [-0.2, -0.15) is 0 Å². The molecular weight excluding hydrogens is 1040 g/mol. The number of benzene rings is 12. The predicted molar refractivity (Wildman–Crippen MR) is 424 cm³/mol. The molecule has 0 saturated heterocycles. The lowest BCUT2D eigenvalue weighted by Gasteiger charge is -2.35. The lowest BCUT2D eigenvalue weighted by molar-refractivity contribution is 1.76. The Morgan fingerprint density at radius 1 is 0.0667 bits per heavy atom. The van der Waals surface area contributed by atoms with Crippen LogP contribution in [0.5, 0.6) is 0 Å². The molecule has 0 aliphatic heterocycles. The average molecular weight is 1040 g/mol. The molecule has 326 valence electrons. The molecule has 90 heavy (non-hydrogen) atoms. The van der Waals surface area contributed by atoms with E-state index in [2.05, 4.69) is 0 Å². The van der Waals surface area contributed by atoms with E-state index < -0.39 is 5.46 Å². The normalized spacial score (nSPS) is 12.0. The first-order valence-corrected chi connectivity index (χ1v) is 26.6. The van der Waals surface area contributed by atoms with Gasteiger partial charge in [0.1, 0.15) is 267 Å². The molecule has 34 heteroatoms. The van der Waals surface area contributed by atoms with E-state index in [1.54, 1.807) is 0 Å². The van der Waals surface area contributed by atoms with Crippen molar-refractivity contribution in [3.63, 3.8) is 0 Å². The van der Waals surface area contributed by atoms with Crippen LogP contribution in [0.1, 0.15) is 0 Å². The molecule has 0 bridgehead atoms. The Kier molecular flexibility index (Phi) is 15.7. The van der Waals surface area contributed by atoms with E-state index in [9.17, 15) is 0 Å². The Hall–Kier alpha value is -5.07. The molecule has 12 rings (SSSR count). The smallest absolute Gasteiger partial charge is 0.112 e. The zero-order chi connectivity index (χ0) is 66.3. The van der Waals surface area contributed by atoms with Crippen LogP contribution in [-0.4, -0.2) is 267 Å². The highest BCUT2D eigenvalue weighted by molar-refractivity contribution is 6.80. The van der Waals surface area contributed by atoms with E-state index in [1.807, 2.05) is 0 Å². The highest BCUT2D eigenvalue weighted by Crippen LogP contribution is 2.37. The molecular formula is C56B34. The van der Waals surface area contributed by atoms with Crippen molar-refractivity contribution in [2.75, 3.05) is 0 Å². The third-order valence-electron chi connectivity index (χ3n) is 18.1. The first kappa shape index (κ1) is 65.0. The van der Waals surface area contributed by atoms with Crippen LogP contribution in [0.3, 0.4) is 0 Å². The van der Waals surface area contributed by atoms with Gasteiger partial charge in [-0.3, -0.25) is 0 Å². The third kappa shape index (κ3) is 8.05. The van der Waals surface area contributed by atoms with Crippen LogP contribution in [0, 0.1) is 0 Å². The van der Waals surface area contributed by atoms with Gasteiger partial charge in [0.15, 0.2) is 0 Å². The lowest BCUT2D eigenvalue weighted by Crippen LogP contribution is -2.57. The van der Waals surface area contributed by atoms with Crippen molar-refractivity contribution < 1.29 is 0 Å². The van der Waals surface area contributed by atoms with Gasteiger partial charge in [0, 0.05) is 0 Å². The van der Waals surface area contributed by atoms with Crippen molar-refractivity contribution in [1.29, 1.82) is 0 Å². The van der Waals surface area contributed by atoms with Crippen molar-refractivity contribution >= 4 is 517 Å². The Bertz CT molecular complexity index is 5380. The molecule has 0 spiro atoms. The molecule has 0 aliphatic carbocycles. The van der Waals surface area contributed by atoms with Crippen molar-refractivity contribution in [3.8, 4) is 55.6 Å². The van der Waals surface area contributed by atoms with Crippen molar-refractivity contribution in [1.82, 2.24) is 0 Å². The van der Waals surface area contributed by atoms with Crippen LogP contribution in [0.2, 0.25) is 0 Å². The highest BCUT2D eigenvalue weighted by Gasteiger charge is 2.33. The fraction of sp³-hybridized carbons (Fsp3) is 0. The van der Waals surface area contributed by atoms with E-state index >= 15 is 0 Å². The summed E-state index contributed by atoms with van der Waals surface area (Å²) in [7, 11) is 237. The molecule has 12 aromatic carbocycles. The Morgan fingerprint density at radius 2 is 0.167 bits per heavy atom. The molecule has 0 aromatic heterocycles. The van der Waals surface area contributed by atoms with Crippen LogP contribution in [0.4, 0.5) is 0 Å². The highest BCUT2D eigenvalue weighted by atomic mass is 14.3. The van der Waals surface area contributed by atoms with E-state index in [4.69, 9.17) is 267 Å². The summed E-state index contributed by atoms with van der Waals surface area (Å²) >= 11 is 0. The summed E-state index contributed by atoms with van der Waals surface area (Å²) in [5.41, 5.74) is -8.88. The second-order valence-corrected chi connectivity index (χ2v) is 22.3. The Balaban J connectivity index is 1.34. The summed E-state index contributed by atoms with van der Waals surface area (Å²) in [4.78, 5) is 0. The second kappa shape index (κ2) is 21.7. The number of hydrogen-bond acceptors (Lipinski definition) is 0. The summed E-state index contributed by atoms with van der Waals surface area (Å²) in [5.74, 6) is 0. The van der Waals surface area contributed by atoms with Gasteiger partial charge in [-0.1, -0.05) is 147 Å². The number of hydrogen-bond donors (Lipinski definition) is 0. The van der Waals surface area contributed by atoms with Crippen LogP contribution in [0.15, 0.2) is 0 Å². The SMILES string of the molecule is [B]c1c([B])c([B])c(-c2c([B])c([B])c([B])c(-c3c([B])c(-c4c([B])c([B])c([B])c(-c5c([B])c([B])c6c([B])c([B])c7c([B])c([B])c([B])c8c([B])c([B])c5c6c78)c4[B])c([B])c(-c4c([B])c([B])c5c([B])c([B])c6c([B])c([B])c([B])c7c([B])c([B])c4c5c67)c3[B])c2[B])c([B])c1[B]. The van der Waals surface area contributed by atoms with E-state index in [0.717, 1.165) is 0 Å².